The third-order valence-electron chi connectivity index (χ3n) is 2.73. The molecule has 0 bridgehead atoms. The quantitative estimate of drug-likeness (QED) is 0.105. The Hall–Kier alpha value is 0.430. The van der Waals surface area contributed by atoms with Crippen LogP contribution in [0.15, 0.2) is 0 Å². The first-order valence-electron chi connectivity index (χ1n) is 7.49. The number of rotatable bonds is 12. The van der Waals surface area contributed by atoms with Crippen molar-refractivity contribution in [1.29, 1.82) is 5.41 Å². The molecule has 0 aliphatic heterocycles. The fourth-order valence-electron chi connectivity index (χ4n) is 1.75. The molecule has 0 aliphatic rings. The summed E-state index contributed by atoms with van der Waals surface area (Å²) in [7, 11) is -4.48. The van der Waals surface area contributed by atoms with Gasteiger partial charge in [0, 0.05) is 0 Å². The maximum absolute atomic E-state index is 10.1. The van der Waals surface area contributed by atoms with E-state index in [2.05, 4.69) is 22.6 Å². The SMILES string of the molecule is CCCCCCCCCCCCOS(=O)(=O)[O-].Cl.N=C(N)N.[Na+]. The van der Waals surface area contributed by atoms with Crippen LogP contribution in [0.5, 0.6) is 0 Å². The molecule has 0 aromatic carbocycles. The molecular weight excluding hydrogens is 353 g/mol. The summed E-state index contributed by atoms with van der Waals surface area (Å²) >= 11 is 0. The Kier molecular flexibility index (Phi) is 30.4. The number of nitrogens with one attached hydrogen (secondary N) is 1. The summed E-state index contributed by atoms with van der Waals surface area (Å²) in [6.45, 7) is 2.24. The molecule has 0 radical (unpaired) electrons. The number of hydrogen-bond acceptors (Lipinski definition) is 5. The fourth-order valence-corrected chi connectivity index (χ4v) is 2.07. The zero-order valence-corrected chi connectivity index (χ0v) is 18.0. The summed E-state index contributed by atoms with van der Waals surface area (Å²) in [5, 5.41) is 6.06. The third-order valence-corrected chi connectivity index (χ3v) is 3.18. The maximum Gasteiger partial charge on any atom is 1.00 e. The van der Waals surface area contributed by atoms with Gasteiger partial charge in [-0.2, -0.15) is 0 Å². The molecule has 136 valence electrons. The standard InChI is InChI=1S/C12H26O4S.CH5N3.ClH.Na/c1-2-3-4-5-6-7-8-9-10-11-12-16-17(13,14)15;2-1(3)4;;/h2-12H2,1H3,(H,13,14,15);(H5,2,3,4);1H;/q;;;+1/p-1. The monoisotopic (exact) mass is 383 g/mol. The van der Waals surface area contributed by atoms with Gasteiger partial charge in [-0.3, -0.25) is 9.59 Å². The van der Waals surface area contributed by atoms with Crippen LogP contribution in [0.25, 0.3) is 0 Å². The summed E-state index contributed by atoms with van der Waals surface area (Å²) in [6.07, 6.45) is 11.7. The summed E-state index contributed by atoms with van der Waals surface area (Å²) in [4.78, 5) is 0. The summed E-state index contributed by atoms with van der Waals surface area (Å²) in [6, 6.07) is 0. The van der Waals surface area contributed by atoms with Gasteiger partial charge in [0.2, 0.25) is 10.4 Å². The molecule has 5 N–H and O–H groups in total. The first-order valence-corrected chi connectivity index (χ1v) is 8.82. The fraction of sp³-hybridized carbons (Fsp3) is 0.923. The van der Waals surface area contributed by atoms with Gasteiger partial charge in [-0.1, -0.05) is 64.7 Å². The van der Waals surface area contributed by atoms with E-state index in [9.17, 15) is 13.0 Å². The Bertz CT molecular complexity index is 342. The Balaban J connectivity index is -0.000000268. The number of guanidine groups is 1. The average molecular weight is 384 g/mol. The van der Waals surface area contributed by atoms with Crippen LogP contribution in [0.2, 0.25) is 0 Å². The van der Waals surface area contributed by atoms with Gasteiger partial charge in [0.1, 0.15) is 0 Å². The Morgan fingerprint density at radius 2 is 1.26 bits per heavy atom. The molecule has 0 aliphatic carbocycles. The van der Waals surface area contributed by atoms with E-state index in [0.29, 0.717) is 6.42 Å². The van der Waals surface area contributed by atoms with Crippen molar-refractivity contribution in [2.45, 2.75) is 71.1 Å². The molecule has 10 heteroatoms. The molecule has 0 unspecified atom stereocenters. The van der Waals surface area contributed by atoms with Crippen molar-refractivity contribution in [3.8, 4) is 0 Å². The van der Waals surface area contributed by atoms with E-state index in [4.69, 9.17) is 5.41 Å². The number of hydrogen-bond donors (Lipinski definition) is 3. The zero-order chi connectivity index (χ0) is 16.6. The van der Waals surface area contributed by atoms with Crippen LogP contribution in [0.3, 0.4) is 0 Å². The van der Waals surface area contributed by atoms with Crippen molar-refractivity contribution >= 4 is 28.8 Å². The summed E-state index contributed by atoms with van der Waals surface area (Å²) in [5.41, 5.74) is 8.94. The van der Waals surface area contributed by atoms with Crippen LogP contribution < -0.4 is 41.0 Å². The van der Waals surface area contributed by atoms with Gasteiger partial charge >= 0.3 is 29.6 Å². The molecule has 0 fully saturated rings. The minimum Gasteiger partial charge on any atom is -0.726 e. The second-order valence-corrected chi connectivity index (χ2v) is 5.92. The molecule has 0 rings (SSSR count). The van der Waals surface area contributed by atoms with Gasteiger partial charge in [-0.15, -0.1) is 12.4 Å². The smallest absolute Gasteiger partial charge is 0.726 e. The molecule has 7 nitrogen and oxygen atoms in total. The molecule has 0 saturated carbocycles. The van der Waals surface area contributed by atoms with Crippen molar-refractivity contribution in [3.63, 3.8) is 0 Å². The molecule has 0 aromatic heterocycles. The first-order chi connectivity index (χ1) is 9.79. The van der Waals surface area contributed by atoms with Crippen molar-refractivity contribution in [1.82, 2.24) is 0 Å². The van der Waals surface area contributed by atoms with Gasteiger partial charge in [-0.25, -0.2) is 8.42 Å². The van der Waals surface area contributed by atoms with Crippen LogP contribution in [-0.4, -0.2) is 25.5 Å². The van der Waals surface area contributed by atoms with E-state index in [-0.39, 0.29) is 54.5 Å². The van der Waals surface area contributed by atoms with E-state index in [1.807, 2.05) is 0 Å². The molecule has 0 atom stereocenters. The molecule has 0 spiro atoms. The average Bonchev–Trinajstić information content (AvgIpc) is 2.34. The molecule has 23 heavy (non-hydrogen) atoms. The first kappa shape index (κ1) is 31.2. The van der Waals surface area contributed by atoms with Crippen LogP contribution in [0.1, 0.15) is 71.1 Å². The van der Waals surface area contributed by atoms with Crippen LogP contribution >= 0.6 is 12.4 Å². The van der Waals surface area contributed by atoms with Gasteiger partial charge in [0.15, 0.2) is 5.96 Å². The van der Waals surface area contributed by atoms with E-state index >= 15 is 0 Å². The third kappa shape index (κ3) is 45.0. The zero-order valence-electron chi connectivity index (χ0n) is 14.4. The second-order valence-electron chi connectivity index (χ2n) is 4.87. The summed E-state index contributed by atoms with van der Waals surface area (Å²) in [5.74, 6) is -0.333. The number of unbranched alkanes of at least 4 members (excludes halogenated alkanes) is 9. The van der Waals surface area contributed by atoms with Crippen LogP contribution in [0.4, 0.5) is 0 Å². The van der Waals surface area contributed by atoms with Gasteiger partial charge in [0.05, 0.1) is 6.61 Å². The minimum atomic E-state index is -4.48. The van der Waals surface area contributed by atoms with Crippen molar-refractivity contribution < 1.29 is 46.7 Å². The number of nitrogens with two attached hydrogens (primary N) is 2. The Morgan fingerprint density at radius 3 is 1.57 bits per heavy atom. The van der Waals surface area contributed by atoms with E-state index in [0.717, 1.165) is 12.8 Å². The normalized spacial score (nSPS) is 9.83. The largest absolute Gasteiger partial charge is 1.00 e. The molecule has 0 saturated heterocycles. The molecular formula is C13H31ClN3NaO4S. The molecule has 0 aromatic rings. The van der Waals surface area contributed by atoms with Gasteiger partial charge in [-0.05, 0) is 6.42 Å². The van der Waals surface area contributed by atoms with E-state index in [1.165, 1.54) is 44.9 Å². The maximum atomic E-state index is 10.1. The minimum absolute atomic E-state index is 0. The van der Waals surface area contributed by atoms with Crippen molar-refractivity contribution in [3.05, 3.63) is 0 Å². The van der Waals surface area contributed by atoms with Gasteiger partial charge in [0.25, 0.3) is 0 Å². The van der Waals surface area contributed by atoms with Crippen LogP contribution in [0, 0.1) is 5.41 Å². The Morgan fingerprint density at radius 1 is 0.957 bits per heavy atom. The van der Waals surface area contributed by atoms with Crippen molar-refractivity contribution in [2.24, 2.45) is 11.5 Å². The molecule has 0 heterocycles. The molecule has 0 amide bonds. The Labute approximate surface area is 169 Å². The van der Waals surface area contributed by atoms with E-state index < -0.39 is 10.4 Å². The van der Waals surface area contributed by atoms with Gasteiger partial charge < -0.3 is 16.0 Å². The number of halogens is 1. The summed E-state index contributed by atoms with van der Waals surface area (Å²) < 4.78 is 34.5. The predicted molar refractivity (Wildman–Crippen MR) is 90.8 cm³/mol. The van der Waals surface area contributed by atoms with E-state index in [1.54, 1.807) is 0 Å². The topological polar surface area (TPSA) is 142 Å². The predicted octanol–water partition coefficient (Wildman–Crippen LogP) is -0.352. The second kappa shape index (κ2) is 22.4. The van der Waals surface area contributed by atoms with Crippen molar-refractivity contribution in [2.75, 3.05) is 6.61 Å². The van der Waals surface area contributed by atoms with Crippen LogP contribution in [-0.2, 0) is 14.6 Å².